The van der Waals surface area contributed by atoms with Crippen molar-refractivity contribution in [2.45, 2.75) is 12.5 Å². The van der Waals surface area contributed by atoms with E-state index in [0.29, 0.717) is 17.1 Å². The van der Waals surface area contributed by atoms with Crippen LogP contribution in [-0.2, 0) is 10.4 Å². The van der Waals surface area contributed by atoms with Crippen LogP contribution in [0.15, 0.2) is 54.6 Å². The van der Waals surface area contributed by atoms with Crippen molar-refractivity contribution in [2.24, 2.45) is 5.73 Å². The van der Waals surface area contributed by atoms with E-state index < -0.39 is 11.5 Å². The second-order valence-corrected chi connectivity index (χ2v) is 4.51. The number of hydrogen-bond acceptors (Lipinski definition) is 3. The summed E-state index contributed by atoms with van der Waals surface area (Å²) >= 11 is 0. The van der Waals surface area contributed by atoms with Gasteiger partial charge in [-0.05, 0) is 25.1 Å². The summed E-state index contributed by atoms with van der Waals surface area (Å²) in [4.78, 5) is 11.9. The van der Waals surface area contributed by atoms with E-state index in [4.69, 9.17) is 15.2 Å². The maximum absolute atomic E-state index is 11.9. The lowest BCUT2D eigenvalue weighted by Crippen LogP contribution is -2.43. The molecule has 1 unspecified atom stereocenters. The number of carbonyl (C=O) groups excluding carboxylic acids is 1. The Morgan fingerprint density at radius 3 is 2.25 bits per heavy atom. The molecule has 20 heavy (non-hydrogen) atoms. The van der Waals surface area contributed by atoms with Crippen LogP contribution >= 0.6 is 0 Å². The molecule has 0 heterocycles. The van der Waals surface area contributed by atoms with Crippen LogP contribution in [0, 0.1) is 0 Å². The molecule has 1 atom stereocenters. The van der Waals surface area contributed by atoms with E-state index in [1.807, 2.05) is 30.3 Å². The molecular formula is C16H17NO3. The highest BCUT2D eigenvalue weighted by molar-refractivity contribution is 5.85. The van der Waals surface area contributed by atoms with E-state index in [1.165, 1.54) is 0 Å². The van der Waals surface area contributed by atoms with Crippen LogP contribution in [0.3, 0.4) is 0 Å². The molecule has 104 valence electrons. The number of nitrogens with two attached hydrogens (primary N) is 1. The molecule has 0 fully saturated rings. The zero-order valence-electron chi connectivity index (χ0n) is 11.5. The third kappa shape index (κ3) is 2.59. The molecular weight excluding hydrogens is 254 g/mol. The number of para-hydroxylation sites is 2. The summed E-state index contributed by atoms with van der Waals surface area (Å²) < 4.78 is 11.1. The van der Waals surface area contributed by atoms with Crippen LogP contribution in [0.25, 0.3) is 0 Å². The highest BCUT2D eigenvalue weighted by Gasteiger charge is 2.38. The normalized spacial score (nSPS) is 13.3. The predicted octanol–water partition coefficient (Wildman–Crippen LogP) is 2.47. The summed E-state index contributed by atoms with van der Waals surface area (Å²) in [6.45, 7) is 1.64. The summed E-state index contributed by atoms with van der Waals surface area (Å²) in [7, 11) is 1.54. The van der Waals surface area contributed by atoms with Gasteiger partial charge in [0, 0.05) is 5.56 Å². The van der Waals surface area contributed by atoms with Gasteiger partial charge in [-0.25, -0.2) is 0 Å². The maximum Gasteiger partial charge on any atom is 0.266 e. The minimum Gasteiger partial charge on any atom is -0.496 e. The molecule has 0 radical (unpaired) electrons. The number of ether oxygens (including phenoxy) is 2. The fraction of sp³-hybridized carbons (Fsp3) is 0.188. The topological polar surface area (TPSA) is 61.6 Å². The van der Waals surface area contributed by atoms with E-state index in [0.717, 1.165) is 0 Å². The van der Waals surface area contributed by atoms with Gasteiger partial charge in [0.2, 0.25) is 5.60 Å². The monoisotopic (exact) mass is 271 g/mol. The van der Waals surface area contributed by atoms with E-state index in [2.05, 4.69) is 0 Å². The third-order valence-corrected chi connectivity index (χ3v) is 3.16. The number of carbonyl (C=O) groups is 1. The molecule has 2 N–H and O–H groups in total. The predicted molar refractivity (Wildman–Crippen MR) is 76.6 cm³/mol. The molecule has 4 nitrogen and oxygen atoms in total. The summed E-state index contributed by atoms with van der Waals surface area (Å²) in [6.07, 6.45) is 0. The molecule has 2 rings (SSSR count). The Balaban J connectivity index is 2.47. The zero-order chi connectivity index (χ0) is 14.6. The Hall–Kier alpha value is -2.49. The fourth-order valence-electron chi connectivity index (χ4n) is 2.00. The number of methoxy groups -OCH3 is 1. The second-order valence-electron chi connectivity index (χ2n) is 4.51. The van der Waals surface area contributed by atoms with Crippen molar-refractivity contribution in [3.05, 3.63) is 60.2 Å². The third-order valence-electron chi connectivity index (χ3n) is 3.16. The number of benzene rings is 2. The van der Waals surface area contributed by atoms with E-state index in [1.54, 1.807) is 38.3 Å². The Morgan fingerprint density at radius 1 is 1.05 bits per heavy atom. The molecule has 0 bridgehead atoms. The van der Waals surface area contributed by atoms with Crippen LogP contribution in [-0.4, -0.2) is 13.0 Å². The SMILES string of the molecule is COc1ccccc1C(C)(Oc1ccccc1)C(N)=O. The van der Waals surface area contributed by atoms with Crippen molar-refractivity contribution < 1.29 is 14.3 Å². The van der Waals surface area contributed by atoms with E-state index >= 15 is 0 Å². The van der Waals surface area contributed by atoms with Crippen LogP contribution in [0.4, 0.5) is 0 Å². The van der Waals surface area contributed by atoms with Gasteiger partial charge in [-0.2, -0.15) is 0 Å². The first-order valence-electron chi connectivity index (χ1n) is 6.25. The van der Waals surface area contributed by atoms with Crippen molar-refractivity contribution >= 4 is 5.91 Å². The Bertz CT molecular complexity index is 598. The Labute approximate surface area is 118 Å². The molecule has 0 aliphatic carbocycles. The van der Waals surface area contributed by atoms with Crippen molar-refractivity contribution in [3.8, 4) is 11.5 Å². The van der Waals surface area contributed by atoms with Crippen LogP contribution in [0.2, 0.25) is 0 Å². The largest absolute Gasteiger partial charge is 0.496 e. The standard InChI is InChI=1S/C16H17NO3/c1-16(15(17)18,20-12-8-4-3-5-9-12)13-10-6-7-11-14(13)19-2/h3-11H,1-2H3,(H2,17,18). The van der Waals surface area contributed by atoms with Crippen molar-refractivity contribution in [2.75, 3.05) is 7.11 Å². The summed E-state index contributed by atoms with van der Waals surface area (Å²) in [5.41, 5.74) is 4.85. The fourth-order valence-corrected chi connectivity index (χ4v) is 2.00. The first-order valence-corrected chi connectivity index (χ1v) is 6.25. The van der Waals surface area contributed by atoms with E-state index in [9.17, 15) is 4.79 Å². The quantitative estimate of drug-likeness (QED) is 0.908. The van der Waals surface area contributed by atoms with Gasteiger partial charge in [-0.1, -0.05) is 36.4 Å². The molecule has 0 saturated carbocycles. The second kappa shape index (κ2) is 5.65. The molecule has 0 spiro atoms. The van der Waals surface area contributed by atoms with Crippen molar-refractivity contribution in [1.82, 2.24) is 0 Å². The molecule has 2 aromatic rings. The average Bonchev–Trinajstić information content (AvgIpc) is 2.48. The number of hydrogen-bond donors (Lipinski definition) is 1. The first-order chi connectivity index (χ1) is 9.58. The van der Waals surface area contributed by atoms with Gasteiger partial charge in [0.1, 0.15) is 11.5 Å². The first kappa shape index (κ1) is 13.9. The summed E-state index contributed by atoms with van der Waals surface area (Å²) in [5.74, 6) is 0.551. The molecule has 0 saturated heterocycles. The lowest BCUT2D eigenvalue weighted by Gasteiger charge is -2.29. The molecule has 2 aromatic carbocycles. The smallest absolute Gasteiger partial charge is 0.266 e. The van der Waals surface area contributed by atoms with E-state index in [-0.39, 0.29) is 0 Å². The highest BCUT2D eigenvalue weighted by Crippen LogP contribution is 2.33. The number of rotatable bonds is 5. The highest BCUT2D eigenvalue weighted by atomic mass is 16.5. The van der Waals surface area contributed by atoms with Gasteiger partial charge in [-0.15, -0.1) is 0 Å². The lowest BCUT2D eigenvalue weighted by molar-refractivity contribution is -0.133. The van der Waals surface area contributed by atoms with Crippen LogP contribution < -0.4 is 15.2 Å². The molecule has 0 aromatic heterocycles. The van der Waals surface area contributed by atoms with Gasteiger partial charge in [0.05, 0.1) is 7.11 Å². The van der Waals surface area contributed by atoms with Gasteiger partial charge >= 0.3 is 0 Å². The molecule has 4 heteroatoms. The summed E-state index contributed by atoms with van der Waals surface area (Å²) in [5, 5.41) is 0. The molecule has 0 aliphatic heterocycles. The average molecular weight is 271 g/mol. The Kier molecular flexibility index (Phi) is 3.94. The van der Waals surface area contributed by atoms with Crippen LogP contribution in [0.5, 0.6) is 11.5 Å². The Morgan fingerprint density at radius 2 is 1.65 bits per heavy atom. The van der Waals surface area contributed by atoms with Gasteiger partial charge in [0.25, 0.3) is 5.91 Å². The number of amides is 1. The van der Waals surface area contributed by atoms with Crippen molar-refractivity contribution in [1.29, 1.82) is 0 Å². The van der Waals surface area contributed by atoms with Gasteiger partial charge in [-0.3, -0.25) is 4.79 Å². The summed E-state index contributed by atoms with van der Waals surface area (Å²) in [6, 6.07) is 16.3. The molecule has 1 amide bonds. The van der Waals surface area contributed by atoms with Gasteiger partial charge in [0.15, 0.2) is 0 Å². The number of primary amides is 1. The minimum atomic E-state index is -1.30. The maximum atomic E-state index is 11.9. The lowest BCUT2D eigenvalue weighted by atomic mass is 9.94. The minimum absolute atomic E-state index is 0.560. The van der Waals surface area contributed by atoms with Gasteiger partial charge < -0.3 is 15.2 Å². The molecule has 0 aliphatic rings. The zero-order valence-corrected chi connectivity index (χ0v) is 11.5. The van der Waals surface area contributed by atoms with Crippen LogP contribution in [0.1, 0.15) is 12.5 Å². The van der Waals surface area contributed by atoms with Crippen molar-refractivity contribution in [3.63, 3.8) is 0 Å².